The van der Waals surface area contributed by atoms with E-state index in [1.165, 1.54) is 0 Å². The van der Waals surface area contributed by atoms with Crippen molar-refractivity contribution in [1.29, 1.82) is 0 Å². The topological polar surface area (TPSA) is 72.8 Å². The second-order valence-electron chi connectivity index (χ2n) is 2.28. The second-order valence-corrected chi connectivity index (χ2v) is 2.28. The normalized spacial score (nSPS) is 10.5. The van der Waals surface area contributed by atoms with E-state index in [2.05, 4.69) is 16.1 Å². The molecule has 0 radical (unpaired) electrons. The quantitative estimate of drug-likeness (QED) is 0.408. The minimum Gasteiger partial charge on any atom is -0.500 e. The number of ether oxygens (including phenoxy) is 2. The van der Waals surface area contributed by atoms with Crippen molar-refractivity contribution in [3.05, 3.63) is 24.7 Å². The molecule has 0 spiro atoms. The van der Waals surface area contributed by atoms with Crippen LogP contribution < -0.4 is 0 Å². The lowest BCUT2D eigenvalue weighted by Crippen LogP contribution is -2.09. The number of hydrogen-bond donors (Lipinski definition) is 1. The van der Waals surface area contributed by atoms with Gasteiger partial charge in [0.2, 0.25) is 5.76 Å². The zero-order valence-corrected chi connectivity index (χ0v) is 7.86. The largest absolute Gasteiger partial charge is 0.500 e. The van der Waals surface area contributed by atoms with Crippen LogP contribution in [0.15, 0.2) is 24.7 Å². The summed E-state index contributed by atoms with van der Waals surface area (Å²) in [7, 11) is 0. The van der Waals surface area contributed by atoms with Crippen LogP contribution >= 0.6 is 0 Å². The number of carbonyl (C=O) groups is 2. The Morgan fingerprint density at radius 3 is 2.64 bits per heavy atom. The van der Waals surface area contributed by atoms with Gasteiger partial charge in [-0.3, -0.25) is 0 Å². The van der Waals surface area contributed by atoms with E-state index in [1.807, 2.05) is 6.92 Å². The van der Waals surface area contributed by atoms with Gasteiger partial charge in [-0.2, -0.15) is 0 Å². The van der Waals surface area contributed by atoms with Gasteiger partial charge >= 0.3 is 11.9 Å². The summed E-state index contributed by atoms with van der Waals surface area (Å²) in [6, 6.07) is 0. The Kier molecular flexibility index (Phi) is 5.85. The third-order valence-electron chi connectivity index (χ3n) is 1.10. The molecule has 14 heavy (non-hydrogen) atoms. The second kappa shape index (κ2) is 6.71. The minimum absolute atomic E-state index is 0.201. The average molecular weight is 200 g/mol. The molecular weight excluding hydrogens is 188 g/mol. The Hall–Kier alpha value is -1.78. The Balaban J connectivity index is 4.03. The van der Waals surface area contributed by atoms with Crippen molar-refractivity contribution in [2.75, 3.05) is 6.61 Å². The van der Waals surface area contributed by atoms with Gasteiger partial charge in [-0.1, -0.05) is 13.5 Å². The van der Waals surface area contributed by atoms with Crippen LogP contribution in [0.3, 0.4) is 0 Å². The highest BCUT2D eigenvalue weighted by atomic mass is 16.6. The molecule has 1 N–H and O–H groups in total. The third kappa shape index (κ3) is 4.97. The zero-order valence-electron chi connectivity index (χ0n) is 7.86. The predicted molar refractivity (Wildman–Crippen MR) is 48.3 cm³/mol. The molecule has 0 aliphatic heterocycles. The molecule has 0 fully saturated rings. The number of aliphatic hydroxyl groups is 1. The van der Waals surface area contributed by atoms with Crippen LogP contribution in [-0.4, -0.2) is 23.7 Å². The van der Waals surface area contributed by atoms with Crippen LogP contribution in [0, 0.1) is 0 Å². The lowest BCUT2D eigenvalue weighted by atomic mass is 10.5. The fourth-order valence-corrected chi connectivity index (χ4v) is 0.479. The van der Waals surface area contributed by atoms with E-state index in [1.54, 1.807) is 0 Å². The van der Waals surface area contributed by atoms with Crippen molar-refractivity contribution in [2.24, 2.45) is 0 Å². The van der Waals surface area contributed by atoms with Gasteiger partial charge in [0, 0.05) is 6.08 Å². The molecule has 5 nitrogen and oxygen atoms in total. The molecule has 0 unspecified atom stereocenters. The van der Waals surface area contributed by atoms with Gasteiger partial charge in [0.1, 0.15) is 6.26 Å². The maximum atomic E-state index is 10.8. The maximum Gasteiger partial charge on any atom is 0.376 e. The summed E-state index contributed by atoms with van der Waals surface area (Å²) in [6.07, 6.45) is 2.16. The lowest BCUT2D eigenvalue weighted by Gasteiger charge is -2.00. The van der Waals surface area contributed by atoms with Crippen molar-refractivity contribution in [2.45, 2.75) is 13.3 Å². The molecule has 0 saturated heterocycles. The van der Waals surface area contributed by atoms with E-state index in [-0.39, 0.29) is 6.61 Å². The summed E-state index contributed by atoms with van der Waals surface area (Å²) in [5, 5.41) is 8.96. The number of hydrogen-bond acceptors (Lipinski definition) is 5. The Labute approximate surface area is 81.6 Å². The molecule has 0 aromatic heterocycles. The molecule has 0 heterocycles. The molecule has 0 aromatic rings. The predicted octanol–water partition coefficient (Wildman–Crippen LogP) is 1.07. The summed E-state index contributed by atoms with van der Waals surface area (Å²) in [5.41, 5.74) is 0. The SMILES string of the molecule is C=CC(=O)OC=C(O)C(=O)OCCC. The first-order valence-electron chi connectivity index (χ1n) is 4.01. The maximum absolute atomic E-state index is 10.8. The monoisotopic (exact) mass is 200 g/mol. The van der Waals surface area contributed by atoms with Gasteiger partial charge < -0.3 is 14.6 Å². The number of carbonyl (C=O) groups excluding carboxylic acids is 2. The van der Waals surface area contributed by atoms with Crippen molar-refractivity contribution < 1.29 is 24.2 Å². The van der Waals surface area contributed by atoms with E-state index >= 15 is 0 Å². The zero-order chi connectivity index (χ0) is 11.0. The summed E-state index contributed by atoms with van der Waals surface area (Å²) in [6.45, 7) is 5.14. The van der Waals surface area contributed by atoms with E-state index in [4.69, 9.17) is 5.11 Å². The third-order valence-corrected chi connectivity index (χ3v) is 1.10. The summed E-state index contributed by atoms with van der Waals surface area (Å²) in [5.74, 6) is -2.45. The van der Waals surface area contributed by atoms with Gasteiger partial charge in [0.15, 0.2) is 0 Å². The smallest absolute Gasteiger partial charge is 0.376 e. The molecule has 0 atom stereocenters. The summed E-state index contributed by atoms with van der Waals surface area (Å²) in [4.78, 5) is 21.3. The van der Waals surface area contributed by atoms with E-state index in [0.717, 1.165) is 6.08 Å². The standard InChI is InChI=1S/C9H12O5/c1-3-5-13-9(12)7(10)6-14-8(11)4-2/h4,6,10H,2-3,5H2,1H3. The number of rotatable bonds is 5. The Bertz CT molecular complexity index is 254. The molecule has 0 saturated carbocycles. The average Bonchev–Trinajstić information content (AvgIpc) is 2.21. The molecule has 0 aliphatic rings. The Morgan fingerprint density at radius 1 is 1.50 bits per heavy atom. The first-order chi connectivity index (χ1) is 6.61. The first-order valence-corrected chi connectivity index (χ1v) is 4.01. The van der Waals surface area contributed by atoms with Crippen molar-refractivity contribution in [3.8, 4) is 0 Å². The van der Waals surface area contributed by atoms with Crippen LogP contribution in [0.25, 0.3) is 0 Å². The van der Waals surface area contributed by atoms with Gasteiger partial charge in [-0.15, -0.1) is 0 Å². The molecule has 0 bridgehead atoms. The molecular formula is C9H12O5. The van der Waals surface area contributed by atoms with E-state index in [0.29, 0.717) is 12.7 Å². The first kappa shape index (κ1) is 12.2. The van der Waals surface area contributed by atoms with Gasteiger partial charge in [0.05, 0.1) is 6.61 Å². The minimum atomic E-state index is -0.927. The summed E-state index contributed by atoms with van der Waals surface area (Å²) >= 11 is 0. The van der Waals surface area contributed by atoms with Crippen LogP contribution in [0.2, 0.25) is 0 Å². The lowest BCUT2D eigenvalue weighted by molar-refractivity contribution is -0.142. The van der Waals surface area contributed by atoms with Crippen molar-refractivity contribution >= 4 is 11.9 Å². The van der Waals surface area contributed by atoms with Crippen molar-refractivity contribution in [3.63, 3.8) is 0 Å². The highest BCUT2D eigenvalue weighted by Gasteiger charge is 2.09. The molecule has 78 valence electrons. The van der Waals surface area contributed by atoms with Crippen molar-refractivity contribution in [1.82, 2.24) is 0 Å². The molecule has 0 rings (SSSR count). The van der Waals surface area contributed by atoms with Crippen LogP contribution in [0.5, 0.6) is 0 Å². The molecule has 0 amide bonds. The highest BCUT2D eigenvalue weighted by Crippen LogP contribution is 1.95. The molecule has 5 heteroatoms. The molecule has 0 aliphatic carbocycles. The molecule has 0 aromatic carbocycles. The highest BCUT2D eigenvalue weighted by molar-refractivity contribution is 5.86. The van der Waals surface area contributed by atoms with Crippen LogP contribution in [-0.2, 0) is 19.1 Å². The summed E-state index contributed by atoms with van der Waals surface area (Å²) < 4.78 is 8.83. The fraction of sp³-hybridized carbons (Fsp3) is 0.333. The Morgan fingerprint density at radius 2 is 2.14 bits per heavy atom. The van der Waals surface area contributed by atoms with Gasteiger partial charge in [-0.05, 0) is 6.42 Å². The van der Waals surface area contributed by atoms with E-state index in [9.17, 15) is 9.59 Å². The number of aliphatic hydroxyl groups excluding tert-OH is 1. The van der Waals surface area contributed by atoms with Gasteiger partial charge in [0.25, 0.3) is 0 Å². The van der Waals surface area contributed by atoms with E-state index < -0.39 is 17.7 Å². The van der Waals surface area contributed by atoms with Crippen LogP contribution in [0.1, 0.15) is 13.3 Å². The van der Waals surface area contributed by atoms with Gasteiger partial charge in [-0.25, -0.2) is 9.59 Å². The number of esters is 2. The van der Waals surface area contributed by atoms with Crippen LogP contribution in [0.4, 0.5) is 0 Å². The fourth-order valence-electron chi connectivity index (χ4n) is 0.479.